The van der Waals surface area contributed by atoms with E-state index in [9.17, 15) is 14.9 Å². The van der Waals surface area contributed by atoms with Gasteiger partial charge in [0.2, 0.25) is 0 Å². The van der Waals surface area contributed by atoms with Gasteiger partial charge in [-0.15, -0.1) is 0 Å². The fraction of sp³-hybridized carbons (Fsp3) is 0.462. The van der Waals surface area contributed by atoms with E-state index in [-0.39, 0.29) is 11.3 Å². The van der Waals surface area contributed by atoms with Crippen LogP contribution in [0.3, 0.4) is 0 Å². The topological polar surface area (TPSA) is 83.7 Å². The molecule has 0 spiro atoms. The molecular weight excluding hydrogens is 248 g/mol. The number of carboxylic acid groups (broad SMARTS) is 1. The molecule has 1 unspecified atom stereocenters. The zero-order valence-corrected chi connectivity index (χ0v) is 10.7. The smallest absolute Gasteiger partial charge is 0.342 e. The van der Waals surface area contributed by atoms with Gasteiger partial charge in [0.1, 0.15) is 11.3 Å². The minimum absolute atomic E-state index is 0.249. The molecule has 0 aromatic heterocycles. The molecule has 1 saturated heterocycles. The Morgan fingerprint density at radius 3 is 2.84 bits per heavy atom. The van der Waals surface area contributed by atoms with Gasteiger partial charge < -0.3 is 10.0 Å². The molecule has 1 N–H and O–H groups in total. The summed E-state index contributed by atoms with van der Waals surface area (Å²) in [5.74, 6) is -0.805. The number of benzene rings is 1. The Balaban J connectivity index is 2.47. The molecule has 0 aliphatic carbocycles. The van der Waals surface area contributed by atoms with Crippen LogP contribution in [0.2, 0.25) is 0 Å². The van der Waals surface area contributed by atoms with E-state index < -0.39 is 10.9 Å². The number of nitrogens with zero attached hydrogens (tertiary/aromatic N) is 2. The number of carbonyl (C=O) groups is 1. The average molecular weight is 264 g/mol. The van der Waals surface area contributed by atoms with Crippen molar-refractivity contribution in [3.05, 3.63) is 33.9 Å². The molecular formula is C13H16N2O4. The highest BCUT2D eigenvalue weighted by Crippen LogP contribution is 2.34. The summed E-state index contributed by atoms with van der Waals surface area (Å²) in [7, 11) is 0. The third-order valence-corrected chi connectivity index (χ3v) is 3.43. The van der Waals surface area contributed by atoms with Crippen LogP contribution < -0.4 is 4.90 Å². The van der Waals surface area contributed by atoms with Crippen molar-refractivity contribution in [2.45, 2.75) is 19.8 Å². The second-order valence-corrected chi connectivity index (χ2v) is 4.93. The van der Waals surface area contributed by atoms with Crippen molar-refractivity contribution in [3.63, 3.8) is 0 Å². The summed E-state index contributed by atoms with van der Waals surface area (Å²) in [6, 6.07) is 4.46. The van der Waals surface area contributed by atoms with Crippen molar-refractivity contribution in [2.75, 3.05) is 18.0 Å². The lowest BCUT2D eigenvalue weighted by Crippen LogP contribution is -2.34. The second kappa shape index (κ2) is 5.26. The van der Waals surface area contributed by atoms with Gasteiger partial charge in [0.15, 0.2) is 0 Å². The van der Waals surface area contributed by atoms with Crippen molar-refractivity contribution in [2.24, 2.45) is 5.92 Å². The molecule has 1 aliphatic rings. The highest BCUT2D eigenvalue weighted by atomic mass is 16.6. The number of hydrogen-bond acceptors (Lipinski definition) is 4. The van der Waals surface area contributed by atoms with Crippen molar-refractivity contribution >= 4 is 17.3 Å². The van der Waals surface area contributed by atoms with Crippen LogP contribution in [0, 0.1) is 16.0 Å². The molecule has 1 aromatic rings. The Morgan fingerprint density at radius 1 is 1.53 bits per heavy atom. The number of para-hydroxylation sites is 1. The average Bonchev–Trinajstić information content (AvgIpc) is 2.37. The van der Waals surface area contributed by atoms with Gasteiger partial charge >= 0.3 is 11.7 Å². The number of rotatable bonds is 3. The third kappa shape index (κ3) is 2.67. The summed E-state index contributed by atoms with van der Waals surface area (Å²) in [6.07, 6.45) is 2.07. The summed E-state index contributed by atoms with van der Waals surface area (Å²) in [6.45, 7) is 3.55. The molecule has 2 rings (SSSR count). The quantitative estimate of drug-likeness (QED) is 0.670. The molecule has 1 fully saturated rings. The fourth-order valence-electron chi connectivity index (χ4n) is 2.56. The molecule has 19 heavy (non-hydrogen) atoms. The normalized spacial score (nSPS) is 19.2. The van der Waals surface area contributed by atoms with Gasteiger partial charge in [0.25, 0.3) is 0 Å². The first-order valence-corrected chi connectivity index (χ1v) is 6.26. The maximum Gasteiger partial charge on any atom is 0.342 e. The first kappa shape index (κ1) is 13.3. The monoisotopic (exact) mass is 264 g/mol. The molecule has 6 heteroatoms. The van der Waals surface area contributed by atoms with E-state index in [1.807, 2.05) is 4.90 Å². The molecule has 1 aliphatic heterocycles. The largest absolute Gasteiger partial charge is 0.477 e. The van der Waals surface area contributed by atoms with E-state index in [1.54, 1.807) is 12.1 Å². The molecule has 0 saturated carbocycles. The molecule has 1 heterocycles. The van der Waals surface area contributed by atoms with Gasteiger partial charge in [-0.05, 0) is 30.9 Å². The first-order valence-electron chi connectivity index (χ1n) is 6.26. The SMILES string of the molecule is CC1CCCN(c2cccc(C(=O)O)c2[N+](=O)[O-])C1. The van der Waals surface area contributed by atoms with E-state index in [2.05, 4.69) is 6.92 Å². The van der Waals surface area contributed by atoms with Crippen LogP contribution in [0.15, 0.2) is 18.2 Å². The lowest BCUT2D eigenvalue weighted by molar-refractivity contribution is -0.384. The van der Waals surface area contributed by atoms with Crippen LogP contribution in [-0.4, -0.2) is 29.1 Å². The van der Waals surface area contributed by atoms with Gasteiger partial charge in [-0.3, -0.25) is 10.1 Å². The van der Waals surface area contributed by atoms with Crippen LogP contribution in [0.5, 0.6) is 0 Å². The molecule has 1 atom stereocenters. The lowest BCUT2D eigenvalue weighted by Gasteiger charge is -2.32. The fourth-order valence-corrected chi connectivity index (χ4v) is 2.56. The molecule has 0 amide bonds. The van der Waals surface area contributed by atoms with Crippen molar-refractivity contribution in [3.8, 4) is 0 Å². The first-order chi connectivity index (χ1) is 9.00. The van der Waals surface area contributed by atoms with Crippen LogP contribution in [-0.2, 0) is 0 Å². The minimum Gasteiger partial charge on any atom is -0.477 e. The highest BCUT2D eigenvalue weighted by Gasteiger charge is 2.28. The van der Waals surface area contributed by atoms with E-state index >= 15 is 0 Å². The zero-order valence-electron chi connectivity index (χ0n) is 10.7. The van der Waals surface area contributed by atoms with Crippen molar-refractivity contribution < 1.29 is 14.8 Å². The predicted molar refractivity (Wildman–Crippen MR) is 70.7 cm³/mol. The number of nitro benzene ring substituents is 1. The van der Waals surface area contributed by atoms with Gasteiger partial charge in [-0.1, -0.05) is 13.0 Å². The third-order valence-electron chi connectivity index (χ3n) is 3.43. The summed E-state index contributed by atoms with van der Waals surface area (Å²) in [4.78, 5) is 23.6. The summed E-state index contributed by atoms with van der Waals surface area (Å²) in [5, 5.41) is 20.3. The highest BCUT2D eigenvalue weighted by molar-refractivity contribution is 5.95. The van der Waals surface area contributed by atoms with Gasteiger partial charge in [0.05, 0.1) is 4.92 Å². The number of aromatic carboxylic acids is 1. The van der Waals surface area contributed by atoms with E-state index in [4.69, 9.17) is 5.11 Å². The van der Waals surface area contributed by atoms with Gasteiger partial charge in [0, 0.05) is 13.1 Å². The Kier molecular flexibility index (Phi) is 3.69. The molecule has 102 valence electrons. The Labute approximate surface area is 110 Å². The maximum atomic E-state index is 11.2. The van der Waals surface area contributed by atoms with Crippen LogP contribution in [0.4, 0.5) is 11.4 Å². The minimum atomic E-state index is -1.27. The van der Waals surface area contributed by atoms with Crippen LogP contribution >= 0.6 is 0 Å². The van der Waals surface area contributed by atoms with Crippen molar-refractivity contribution in [1.82, 2.24) is 0 Å². The Morgan fingerprint density at radius 2 is 2.26 bits per heavy atom. The van der Waals surface area contributed by atoms with Crippen molar-refractivity contribution in [1.29, 1.82) is 0 Å². The maximum absolute atomic E-state index is 11.2. The van der Waals surface area contributed by atoms with E-state index in [1.165, 1.54) is 6.07 Å². The summed E-state index contributed by atoms with van der Waals surface area (Å²) >= 11 is 0. The standard InChI is InChI=1S/C13H16N2O4/c1-9-4-3-7-14(8-9)11-6-2-5-10(13(16)17)12(11)15(18)19/h2,5-6,9H,3-4,7-8H2,1H3,(H,16,17). The second-order valence-electron chi connectivity index (χ2n) is 4.93. The van der Waals surface area contributed by atoms with Gasteiger partial charge in [-0.2, -0.15) is 0 Å². The predicted octanol–water partition coefficient (Wildman–Crippen LogP) is 2.53. The Hall–Kier alpha value is -2.11. The zero-order chi connectivity index (χ0) is 14.0. The number of nitro groups is 1. The molecule has 0 radical (unpaired) electrons. The van der Waals surface area contributed by atoms with E-state index in [0.29, 0.717) is 11.6 Å². The van der Waals surface area contributed by atoms with Crippen LogP contribution in [0.1, 0.15) is 30.1 Å². The molecule has 0 bridgehead atoms. The lowest BCUT2D eigenvalue weighted by atomic mass is 9.99. The number of carboxylic acids is 1. The molecule has 6 nitrogen and oxygen atoms in total. The van der Waals surface area contributed by atoms with E-state index in [0.717, 1.165) is 25.9 Å². The number of anilines is 1. The van der Waals surface area contributed by atoms with Gasteiger partial charge in [-0.25, -0.2) is 4.79 Å². The number of hydrogen-bond donors (Lipinski definition) is 1. The van der Waals surface area contributed by atoms with Crippen LogP contribution in [0.25, 0.3) is 0 Å². The molecule has 1 aromatic carbocycles. The Bertz CT molecular complexity index is 515. The summed E-state index contributed by atoms with van der Waals surface area (Å²) < 4.78 is 0. The number of piperidine rings is 1. The summed E-state index contributed by atoms with van der Waals surface area (Å²) in [5.41, 5.74) is -0.138.